The average Bonchev–Trinajstić information content (AvgIpc) is 2.72. The summed E-state index contributed by atoms with van der Waals surface area (Å²) < 4.78 is 1.13. The molecule has 1 aliphatic heterocycles. The number of rotatable bonds is 2. The van der Waals surface area contributed by atoms with Crippen LogP contribution in [0.3, 0.4) is 0 Å². The Kier molecular flexibility index (Phi) is 3.70. The smallest absolute Gasteiger partial charge is 0.227 e. The topological polar surface area (TPSA) is 58.4 Å². The van der Waals surface area contributed by atoms with Gasteiger partial charge in [-0.1, -0.05) is 0 Å². The third-order valence-electron chi connectivity index (χ3n) is 3.58. The molecule has 1 aromatic rings. The fourth-order valence-corrected chi connectivity index (χ4v) is 2.98. The number of nitrogens with one attached hydrogen (secondary N) is 1. The first kappa shape index (κ1) is 13.5. The minimum Gasteiger partial charge on any atom is -0.397 e. The van der Waals surface area contributed by atoms with E-state index in [2.05, 4.69) is 32.8 Å². The van der Waals surface area contributed by atoms with Crippen molar-refractivity contribution in [2.75, 3.05) is 30.8 Å². The number of amides is 1. The molecule has 1 saturated heterocycles. The predicted octanol–water partition coefficient (Wildman–Crippen LogP) is 1.84. The quantitative estimate of drug-likeness (QED) is 0.626. The van der Waals surface area contributed by atoms with Crippen molar-refractivity contribution in [1.29, 1.82) is 0 Å². The van der Waals surface area contributed by atoms with E-state index >= 15 is 0 Å². The summed E-state index contributed by atoms with van der Waals surface area (Å²) in [5.74, 6) is 0.106. The summed E-state index contributed by atoms with van der Waals surface area (Å²) in [5, 5.41) is 2.75. The summed E-state index contributed by atoms with van der Waals surface area (Å²) >= 11 is 2.25. The van der Waals surface area contributed by atoms with Crippen molar-refractivity contribution in [3.63, 3.8) is 0 Å². The van der Waals surface area contributed by atoms with Crippen molar-refractivity contribution in [2.45, 2.75) is 13.3 Å². The summed E-state index contributed by atoms with van der Waals surface area (Å²) in [5.41, 5.74) is 7.55. The van der Waals surface area contributed by atoms with Crippen LogP contribution in [0.25, 0.3) is 0 Å². The monoisotopic (exact) mass is 359 g/mol. The largest absolute Gasteiger partial charge is 0.397 e. The average molecular weight is 359 g/mol. The van der Waals surface area contributed by atoms with Gasteiger partial charge in [-0.3, -0.25) is 4.79 Å². The maximum atomic E-state index is 11.9. The number of hydrogen-bond acceptors (Lipinski definition) is 3. The lowest BCUT2D eigenvalue weighted by molar-refractivity contribution is -0.128. The van der Waals surface area contributed by atoms with E-state index in [1.807, 2.05) is 25.1 Å². The van der Waals surface area contributed by atoms with Crippen molar-refractivity contribution in [3.05, 3.63) is 21.8 Å². The summed E-state index contributed by atoms with van der Waals surface area (Å²) in [4.78, 5) is 14.1. The molecule has 0 bridgehead atoms. The normalized spacial score (nSPS) is 23.2. The van der Waals surface area contributed by atoms with Crippen molar-refractivity contribution in [1.82, 2.24) is 5.32 Å². The van der Waals surface area contributed by atoms with E-state index in [-0.39, 0.29) is 11.3 Å². The Morgan fingerprint density at radius 1 is 1.56 bits per heavy atom. The van der Waals surface area contributed by atoms with E-state index in [1.165, 1.54) is 0 Å². The molecule has 0 saturated carbocycles. The van der Waals surface area contributed by atoms with Crippen LogP contribution in [-0.4, -0.2) is 26.0 Å². The molecule has 1 aromatic carbocycles. The standard InChI is InChI=1S/C13H18IN3O/c1-13(12(18)16-2)5-6-17(8-13)11-4-3-9(14)7-10(11)15/h3-4,7H,5-6,8,15H2,1-2H3,(H,16,18). The van der Waals surface area contributed by atoms with Gasteiger partial charge in [-0.2, -0.15) is 0 Å². The number of nitrogens with two attached hydrogens (primary N) is 1. The van der Waals surface area contributed by atoms with Gasteiger partial charge in [-0.15, -0.1) is 0 Å². The third kappa shape index (κ3) is 2.41. The maximum Gasteiger partial charge on any atom is 0.227 e. The van der Waals surface area contributed by atoms with Gasteiger partial charge in [0.2, 0.25) is 5.91 Å². The molecule has 5 heteroatoms. The molecular formula is C13H18IN3O. The van der Waals surface area contributed by atoms with Crippen molar-refractivity contribution >= 4 is 39.9 Å². The fourth-order valence-electron chi connectivity index (χ4n) is 2.47. The van der Waals surface area contributed by atoms with Gasteiger partial charge in [0.1, 0.15) is 0 Å². The Labute approximate surface area is 121 Å². The second kappa shape index (κ2) is 4.95. The molecule has 1 atom stereocenters. The Balaban J connectivity index is 2.20. The minimum atomic E-state index is -0.315. The van der Waals surface area contributed by atoms with Gasteiger partial charge < -0.3 is 16.0 Å². The lowest BCUT2D eigenvalue weighted by atomic mass is 9.89. The van der Waals surface area contributed by atoms with E-state index in [0.717, 1.165) is 34.5 Å². The first-order chi connectivity index (χ1) is 8.46. The van der Waals surface area contributed by atoms with Crippen LogP contribution in [0, 0.1) is 8.99 Å². The lowest BCUT2D eigenvalue weighted by Crippen LogP contribution is -2.39. The summed E-state index contributed by atoms with van der Waals surface area (Å²) in [6, 6.07) is 6.04. The third-order valence-corrected chi connectivity index (χ3v) is 4.25. The van der Waals surface area contributed by atoms with Crippen molar-refractivity contribution in [2.24, 2.45) is 5.41 Å². The zero-order valence-corrected chi connectivity index (χ0v) is 12.8. The van der Waals surface area contributed by atoms with Gasteiger partial charge in [-0.25, -0.2) is 0 Å². The zero-order valence-electron chi connectivity index (χ0n) is 10.7. The number of hydrogen-bond donors (Lipinski definition) is 2. The molecule has 3 N–H and O–H groups in total. The highest BCUT2D eigenvalue weighted by Gasteiger charge is 2.40. The Morgan fingerprint density at radius 3 is 2.89 bits per heavy atom. The molecule has 0 aromatic heterocycles. The molecule has 1 heterocycles. The van der Waals surface area contributed by atoms with Crippen molar-refractivity contribution < 1.29 is 4.79 Å². The maximum absolute atomic E-state index is 11.9. The molecule has 18 heavy (non-hydrogen) atoms. The molecule has 2 rings (SSSR count). The summed E-state index contributed by atoms with van der Waals surface area (Å²) in [7, 11) is 1.69. The van der Waals surface area contributed by atoms with Gasteiger partial charge in [-0.05, 0) is 54.1 Å². The molecule has 98 valence electrons. The number of carbonyl (C=O) groups excluding carboxylic acids is 1. The first-order valence-corrected chi connectivity index (χ1v) is 7.06. The van der Waals surface area contributed by atoms with Gasteiger partial charge in [0, 0.05) is 23.7 Å². The van der Waals surface area contributed by atoms with E-state index in [4.69, 9.17) is 5.73 Å². The number of nitrogen functional groups attached to an aromatic ring is 1. The van der Waals surface area contributed by atoms with E-state index in [9.17, 15) is 4.79 Å². The highest BCUT2D eigenvalue weighted by Crippen LogP contribution is 2.36. The Hall–Kier alpha value is -0.980. The molecule has 0 spiro atoms. The summed E-state index contributed by atoms with van der Waals surface area (Å²) in [6.45, 7) is 3.60. The second-order valence-electron chi connectivity index (χ2n) is 5.01. The van der Waals surface area contributed by atoms with Gasteiger partial charge in [0.15, 0.2) is 0 Å². The molecule has 1 fully saturated rings. The van der Waals surface area contributed by atoms with Crippen LogP contribution >= 0.6 is 22.6 Å². The van der Waals surface area contributed by atoms with Gasteiger partial charge in [0.05, 0.1) is 16.8 Å². The molecule has 1 unspecified atom stereocenters. The number of benzene rings is 1. The van der Waals surface area contributed by atoms with E-state index < -0.39 is 0 Å². The SMILES string of the molecule is CNC(=O)C1(C)CCN(c2ccc(I)cc2N)C1. The number of carbonyl (C=O) groups is 1. The molecule has 0 aliphatic carbocycles. The van der Waals surface area contributed by atoms with Crippen LogP contribution in [0.15, 0.2) is 18.2 Å². The minimum absolute atomic E-state index is 0.106. The van der Waals surface area contributed by atoms with Gasteiger partial charge >= 0.3 is 0 Å². The highest BCUT2D eigenvalue weighted by molar-refractivity contribution is 14.1. The summed E-state index contributed by atoms with van der Waals surface area (Å²) in [6.07, 6.45) is 0.859. The number of nitrogens with zero attached hydrogens (tertiary/aromatic N) is 1. The van der Waals surface area contributed by atoms with Gasteiger partial charge in [0.25, 0.3) is 0 Å². The second-order valence-corrected chi connectivity index (χ2v) is 6.26. The van der Waals surface area contributed by atoms with Crippen molar-refractivity contribution in [3.8, 4) is 0 Å². The molecule has 4 nitrogen and oxygen atoms in total. The van der Waals surface area contributed by atoms with Crippen LogP contribution in [0.1, 0.15) is 13.3 Å². The molecule has 1 amide bonds. The van der Waals surface area contributed by atoms with Crippen LogP contribution in [0.5, 0.6) is 0 Å². The fraction of sp³-hybridized carbons (Fsp3) is 0.462. The predicted molar refractivity (Wildman–Crippen MR) is 82.6 cm³/mol. The lowest BCUT2D eigenvalue weighted by Gasteiger charge is -2.24. The van der Waals surface area contributed by atoms with E-state index in [1.54, 1.807) is 7.05 Å². The zero-order chi connectivity index (χ0) is 13.3. The highest BCUT2D eigenvalue weighted by atomic mass is 127. The van der Waals surface area contributed by atoms with E-state index in [0.29, 0.717) is 0 Å². The number of anilines is 2. The molecular weight excluding hydrogens is 341 g/mol. The van der Waals surface area contributed by atoms with Crippen LogP contribution in [0.4, 0.5) is 11.4 Å². The Morgan fingerprint density at radius 2 is 2.28 bits per heavy atom. The molecule has 0 radical (unpaired) electrons. The number of halogens is 1. The van der Waals surface area contributed by atoms with Crippen LogP contribution in [0.2, 0.25) is 0 Å². The van der Waals surface area contributed by atoms with Crippen LogP contribution < -0.4 is 16.0 Å². The Bertz CT molecular complexity index is 477. The molecule has 1 aliphatic rings. The first-order valence-electron chi connectivity index (χ1n) is 5.98. The van der Waals surface area contributed by atoms with Crippen LogP contribution in [-0.2, 0) is 4.79 Å².